The fourth-order valence-electron chi connectivity index (χ4n) is 2.58. The molecular weight excluding hydrogens is 292 g/mol. The van der Waals surface area contributed by atoms with Crippen molar-refractivity contribution in [2.24, 2.45) is 0 Å². The van der Waals surface area contributed by atoms with Gasteiger partial charge < -0.3 is 19.4 Å². The zero-order valence-electron chi connectivity index (χ0n) is 11.8. The Kier molecular flexibility index (Phi) is 4.03. The molecule has 0 unspecified atom stereocenters. The summed E-state index contributed by atoms with van der Waals surface area (Å²) in [4.78, 5) is 17.6. The molecule has 2 heterocycles. The first-order valence-electron chi connectivity index (χ1n) is 6.92. The van der Waals surface area contributed by atoms with E-state index < -0.39 is 0 Å². The SMILES string of the molecule is COc1cc2c(C(=O)N3CCCOCC3)c[nH]c2cc1Cl. The smallest absolute Gasteiger partial charge is 0.256 e. The molecule has 0 saturated carbocycles. The second-order valence-corrected chi connectivity index (χ2v) is 5.40. The predicted octanol–water partition coefficient (Wildman–Crippen LogP) is 2.69. The van der Waals surface area contributed by atoms with E-state index in [1.54, 1.807) is 25.4 Å². The van der Waals surface area contributed by atoms with Gasteiger partial charge in [0.05, 0.1) is 24.3 Å². The number of aromatic amines is 1. The molecule has 1 aliphatic rings. The van der Waals surface area contributed by atoms with Crippen molar-refractivity contribution in [2.45, 2.75) is 6.42 Å². The van der Waals surface area contributed by atoms with Gasteiger partial charge in [-0.05, 0) is 18.6 Å². The first kappa shape index (κ1) is 14.2. The molecule has 21 heavy (non-hydrogen) atoms. The number of methoxy groups -OCH3 is 1. The number of H-pyrrole nitrogens is 1. The van der Waals surface area contributed by atoms with E-state index >= 15 is 0 Å². The Balaban J connectivity index is 1.97. The lowest BCUT2D eigenvalue weighted by Gasteiger charge is -2.19. The summed E-state index contributed by atoms with van der Waals surface area (Å²) in [5, 5.41) is 1.35. The van der Waals surface area contributed by atoms with Gasteiger partial charge in [-0.2, -0.15) is 0 Å². The number of nitrogens with zero attached hydrogens (tertiary/aromatic N) is 1. The number of rotatable bonds is 2. The van der Waals surface area contributed by atoms with Crippen LogP contribution in [-0.2, 0) is 4.74 Å². The molecule has 0 bridgehead atoms. The average Bonchev–Trinajstić information content (AvgIpc) is 2.72. The zero-order valence-corrected chi connectivity index (χ0v) is 12.6. The van der Waals surface area contributed by atoms with Gasteiger partial charge in [0.25, 0.3) is 5.91 Å². The number of halogens is 1. The van der Waals surface area contributed by atoms with Gasteiger partial charge in [0.2, 0.25) is 0 Å². The third-order valence-electron chi connectivity index (χ3n) is 3.69. The minimum absolute atomic E-state index is 0.0103. The Labute approximate surface area is 127 Å². The van der Waals surface area contributed by atoms with Crippen LogP contribution in [0, 0.1) is 0 Å². The van der Waals surface area contributed by atoms with E-state index in [4.69, 9.17) is 21.1 Å². The Morgan fingerprint density at radius 3 is 3.05 bits per heavy atom. The summed E-state index contributed by atoms with van der Waals surface area (Å²) in [7, 11) is 1.56. The number of nitrogens with one attached hydrogen (secondary N) is 1. The van der Waals surface area contributed by atoms with Crippen LogP contribution in [-0.4, -0.2) is 49.2 Å². The molecule has 1 aromatic carbocycles. The van der Waals surface area contributed by atoms with Crippen molar-refractivity contribution in [2.75, 3.05) is 33.4 Å². The van der Waals surface area contributed by atoms with E-state index in [1.807, 2.05) is 4.90 Å². The van der Waals surface area contributed by atoms with E-state index in [0.29, 0.717) is 36.1 Å². The molecule has 1 fully saturated rings. The Morgan fingerprint density at radius 1 is 1.38 bits per heavy atom. The number of hydrogen-bond donors (Lipinski definition) is 1. The number of benzene rings is 1. The summed E-state index contributed by atoms with van der Waals surface area (Å²) >= 11 is 6.11. The van der Waals surface area contributed by atoms with Gasteiger partial charge in [0, 0.05) is 36.8 Å². The van der Waals surface area contributed by atoms with Crippen molar-refractivity contribution in [1.29, 1.82) is 0 Å². The van der Waals surface area contributed by atoms with E-state index in [9.17, 15) is 4.79 Å². The molecule has 1 amide bonds. The van der Waals surface area contributed by atoms with Gasteiger partial charge in [-0.15, -0.1) is 0 Å². The fourth-order valence-corrected chi connectivity index (χ4v) is 2.82. The number of carbonyl (C=O) groups excluding carboxylic acids is 1. The number of aromatic nitrogens is 1. The Hall–Kier alpha value is -1.72. The topological polar surface area (TPSA) is 54.6 Å². The van der Waals surface area contributed by atoms with Gasteiger partial charge in [-0.3, -0.25) is 4.79 Å². The molecule has 112 valence electrons. The van der Waals surface area contributed by atoms with Crippen LogP contribution >= 0.6 is 11.6 Å². The van der Waals surface area contributed by atoms with Gasteiger partial charge in [-0.1, -0.05) is 11.6 Å². The molecule has 0 radical (unpaired) electrons. The summed E-state index contributed by atoms with van der Waals surface area (Å²) < 4.78 is 10.6. The number of carbonyl (C=O) groups is 1. The maximum absolute atomic E-state index is 12.7. The minimum atomic E-state index is 0.0103. The maximum atomic E-state index is 12.7. The third-order valence-corrected chi connectivity index (χ3v) is 3.99. The molecule has 1 N–H and O–H groups in total. The van der Waals surface area contributed by atoms with Crippen molar-refractivity contribution in [3.05, 3.63) is 28.9 Å². The molecule has 0 spiro atoms. The molecule has 3 rings (SSSR count). The Bertz CT molecular complexity index is 660. The van der Waals surface area contributed by atoms with Gasteiger partial charge >= 0.3 is 0 Å². The molecular formula is C15H17ClN2O3. The summed E-state index contributed by atoms with van der Waals surface area (Å²) in [6.07, 6.45) is 2.60. The van der Waals surface area contributed by atoms with Gasteiger partial charge in [0.1, 0.15) is 5.75 Å². The standard InChI is InChI=1S/C15H17ClN2O3/c1-20-14-7-10-11(9-17-13(10)8-12(14)16)15(19)18-3-2-5-21-6-4-18/h7-9,17H,2-6H2,1H3. The molecule has 1 saturated heterocycles. The van der Waals surface area contributed by atoms with E-state index in [0.717, 1.165) is 23.9 Å². The first-order chi connectivity index (χ1) is 10.2. The lowest BCUT2D eigenvalue weighted by atomic mass is 10.1. The fraction of sp³-hybridized carbons (Fsp3) is 0.400. The number of amides is 1. The normalized spacial score (nSPS) is 16.0. The van der Waals surface area contributed by atoms with Crippen LogP contribution in [0.25, 0.3) is 10.9 Å². The van der Waals surface area contributed by atoms with E-state index in [1.165, 1.54) is 0 Å². The number of hydrogen-bond acceptors (Lipinski definition) is 3. The van der Waals surface area contributed by atoms with Crippen molar-refractivity contribution in [3.8, 4) is 5.75 Å². The molecule has 6 heteroatoms. The summed E-state index contributed by atoms with van der Waals surface area (Å²) in [5.41, 5.74) is 1.47. The molecule has 2 aromatic rings. The van der Waals surface area contributed by atoms with Crippen LogP contribution in [0.2, 0.25) is 5.02 Å². The van der Waals surface area contributed by atoms with Crippen molar-refractivity contribution >= 4 is 28.4 Å². The largest absolute Gasteiger partial charge is 0.495 e. The highest BCUT2D eigenvalue weighted by molar-refractivity contribution is 6.33. The van der Waals surface area contributed by atoms with Crippen LogP contribution in [0.3, 0.4) is 0 Å². The number of ether oxygens (including phenoxy) is 2. The highest BCUT2D eigenvalue weighted by Gasteiger charge is 2.21. The Morgan fingerprint density at radius 2 is 2.24 bits per heavy atom. The molecule has 1 aromatic heterocycles. The van der Waals surface area contributed by atoms with Crippen LogP contribution in [0.4, 0.5) is 0 Å². The van der Waals surface area contributed by atoms with Crippen molar-refractivity contribution in [3.63, 3.8) is 0 Å². The summed E-state index contributed by atoms with van der Waals surface area (Å²) in [5.74, 6) is 0.577. The molecule has 0 atom stereocenters. The van der Waals surface area contributed by atoms with Gasteiger partial charge in [-0.25, -0.2) is 0 Å². The average molecular weight is 309 g/mol. The van der Waals surface area contributed by atoms with Gasteiger partial charge in [0.15, 0.2) is 0 Å². The summed E-state index contributed by atoms with van der Waals surface area (Å²) in [6.45, 7) is 2.64. The van der Waals surface area contributed by atoms with E-state index in [-0.39, 0.29) is 5.91 Å². The summed E-state index contributed by atoms with van der Waals surface area (Å²) in [6, 6.07) is 3.58. The maximum Gasteiger partial charge on any atom is 0.256 e. The lowest BCUT2D eigenvalue weighted by Crippen LogP contribution is -2.33. The number of fused-ring (bicyclic) bond motifs is 1. The monoisotopic (exact) mass is 308 g/mol. The third kappa shape index (κ3) is 2.71. The quantitative estimate of drug-likeness (QED) is 0.928. The second-order valence-electron chi connectivity index (χ2n) is 4.99. The highest BCUT2D eigenvalue weighted by Crippen LogP contribution is 2.31. The predicted molar refractivity (Wildman–Crippen MR) is 81.2 cm³/mol. The minimum Gasteiger partial charge on any atom is -0.495 e. The van der Waals surface area contributed by atoms with Crippen molar-refractivity contribution in [1.82, 2.24) is 9.88 Å². The van der Waals surface area contributed by atoms with Crippen molar-refractivity contribution < 1.29 is 14.3 Å². The molecule has 5 nitrogen and oxygen atoms in total. The van der Waals surface area contributed by atoms with E-state index in [2.05, 4.69) is 4.98 Å². The lowest BCUT2D eigenvalue weighted by molar-refractivity contribution is 0.0743. The van der Waals surface area contributed by atoms with Crippen LogP contribution in [0.1, 0.15) is 16.8 Å². The first-order valence-corrected chi connectivity index (χ1v) is 7.30. The zero-order chi connectivity index (χ0) is 14.8. The highest BCUT2D eigenvalue weighted by atomic mass is 35.5. The van der Waals surface area contributed by atoms with Crippen LogP contribution in [0.15, 0.2) is 18.3 Å². The molecule has 0 aliphatic carbocycles. The van der Waals surface area contributed by atoms with Crippen LogP contribution < -0.4 is 4.74 Å². The molecule has 1 aliphatic heterocycles. The second kappa shape index (κ2) is 5.95. The van der Waals surface area contributed by atoms with Crippen LogP contribution in [0.5, 0.6) is 5.75 Å².